The first-order valence-electron chi connectivity index (χ1n) is 7.38. The van der Waals surface area contributed by atoms with Crippen LogP contribution in [-0.4, -0.2) is 31.4 Å². The third-order valence-electron chi connectivity index (χ3n) is 3.61. The average molecular weight is 355 g/mol. The molecular formula is C17H20Cl2N2O2. The molecule has 1 aromatic carbocycles. The van der Waals surface area contributed by atoms with Gasteiger partial charge >= 0.3 is 0 Å². The molecule has 4 nitrogen and oxygen atoms in total. The minimum atomic E-state index is -0.00511. The van der Waals surface area contributed by atoms with E-state index >= 15 is 0 Å². The maximum absolute atomic E-state index is 12.0. The Balaban J connectivity index is 1.83. The van der Waals surface area contributed by atoms with Crippen LogP contribution in [0, 0.1) is 0 Å². The molecule has 1 atom stereocenters. The lowest BCUT2D eigenvalue weighted by molar-refractivity contribution is -0.121. The van der Waals surface area contributed by atoms with Crippen LogP contribution in [0.5, 0.6) is 0 Å². The number of aryl methyl sites for hydroxylation is 1. The smallest absolute Gasteiger partial charge is 0.220 e. The molecular weight excluding hydrogens is 335 g/mol. The third kappa shape index (κ3) is 5.27. The highest BCUT2D eigenvalue weighted by molar-refractivity contribution is 6.42. The first-order valence-corrected chi connectivity index (χ1v) is 8.13. The van der Waals surface area contributed by atoms with E-state index in [4.69, 9.17) is 27.6 Å². The Morgan fingerprint density at radius 3 is 2.65 bits per heavy atom. The molecule has 2 aromatic rings. The molecule has 1 N–H and O–H groups in total. The summed E-state index contributed by atoms with van der Waals surface area (Å²) in [5.74, 6) is 0.828. The molecule has 0 saturated heterocycles. The minimum absolute atomic E-state index is 0.00511. The standard InChI is InChI=1S/C17H20Cl2N2O2/c1-21(2)15(16-4-3-9-23-16)11-20-17(22)8-6-12-5-7-13(18)14(19)10-12/h3-5,7,9-10,15H,6,8,11H2,1-2H3,(H,20,22). The Labute approximate surface area is 146 Å². The number of nitrogens with one attached hydrogen (secondary N) is 1. The van der Waals surface area contributed by atoms with Crippen molar-refractivity contribution in [2.75, 3.05) is 20.6 Å². The number of furan rings is 1. The van der Waals surface area contributed by atoms with Crippen LogP contribution in [0.1, 0.15) is 23.8 Å². The maximum atomic E-state index is 12.0. The van der Waals surface area contributed by atoms with Crippen molar-refractivity contribution in [3.63, 3.8) is 0 Å². The van der Waals surface area contributed by atoms with Crippen molar-refractivity contribution in [2.45, 2.75) is 18.9 Å². The van der Waals surface area contributed by atoms with Crippen molar-refractivity contribution in [3.8, 4) is 0 Å². The Morgan fingerprint density at radius 2 is 2.04 bits per heavy atom. The van der Waals surface area contributed by atoms with E-state index in [0.29, 0.717) is 29.4 Å². The molecule has 2 rings (SSSR count). The Kier molecular flexibility index (Phi) is 6.51. The van der Waals surface area contributed by atoms with Gasteiger partial charge in [0.25, 0.3) is 0 Å². The van der Waals surface area contributed by atoms with Crippen LogP contribution in [0.2, 0.25) is 10.0 Å². The highest BCUT2D eigenvalue weighted by atomic mass is 35.5. The molecule has 0 radical (unpaired) electrons. The number of rotatable bonds is 7. The fourth-order valence-corrected chi connectivity index (χ4v) is 2.59. The lowest BCUT2D eigenvalue weighted by Gasteiger charge is -2.22. The summed E-state index contributed by atoms with van der Waals surface area (Å²) in [6.07, 6.45) is 2.66. The number of carbonyl (C=O) groups is 1. The summed E-state index contributed by atoms with van der Waals surface area (Å²) in [6, 6.07) is 9.19. The highest BCUT2D eigenvalue weighted by Gasteiger charge is 2.17. The fourth-order valence-electron chi connectivity index (χ4n) is 2.27. The summed E-state index contributed by atoms with van der Waals surface area (Å²) in [4.78, 5) is 14.1. The lowest BCUT2D eigenvalue weighted by Crippen LogP contribution is -2.34. The third-order valence-corrected chi connectivity index (χ3v) is 4.35. The number of carbonyl (C=O) groups excluding carboxylic acids is 1. The highest BCUT2D eigenvalue weighted by Crippen LogP contribution is 2.23. The number of amides is 1. The summed E-state index contributed by atoms with van der Waals surface area (Å²) in [6.45, 7) is 0.501. The molecule has 0 aliphatic carbocycles. The number of likely N-dealkylation sites (N-methyl/N-ethyl adjacent to an activating group) is 1. The van der Waals surface area contributed by atoms with Crippen LogP contribution in [0.15, 0.2) is 41.0 Å². The molecule has 0 aliphatic heterocycles. The fraction of sp³-hybridized carbons (Fsp3) is 0.353. The van der Waals surface area contributed by atoms with Crippen LogP contribution in [-0.2, 0) is 11.2 Å². The minimum Gasteiger partial charge on any atom is -0.468 e. The van der Waals surface area contributed by atoms with Crippen molar-refractivity contribution in [1.29, 1.82) is 0 Å². The molecule has 1 amide bonds. The predicted octanol–water partition coefficient (Wildman–Crippen LogP) is 3.94. The van der Waals surface area contributed by atoms with Crippen LogP contribution in [0.3, 0.4) is 0 Å². The summed E-state index contributed by atoms with van der Waals surface area (Å²) in [7, 11) is 3.91. The number of hydrogen-bond acceptors (Lipinski definition) is 3. The van der Waals surface area contributed by atoms with Crippen LogP contribution in [0.4, 0.5) is 0 Å². The quantitative estimate of drug-likeness (QED) is 0.818. The van der Waals surface area contributed by atoms with E-state index in [2.05, 4.69) is 5.32 Å². The van der Waals surface area contributed by atoms with Gasteiger partial charge in [0.2, 0.25) is 5.91 Å². The summed E-state index contributed by atoms with van der Waals surface area (Å²) < 4.78 is 5.42. The molecule has 1 unspecified atom stereocenters. The van der Waals surface area contributed by atoms with E-state index in [0.717, 1.165) is 11.3 Å². The van der Waals surface area contributed by atoms with Gasteiger partial charge < -0.3 is 9.73 Å². The summed E-state index contributed by atoms with van der Waals surface area (Å²) in [5, 5.41) is 3.98. The lowest BCUT2D eigenvalue weighted by atomic mass is 10.1. The van der Waals surface area contributed by atoms with Crippen molar-refractivity contribution in [3.05, 3.63) is 58.0 Å². The zero-order valence-corrected chi connectivity index (χ0v) is 14.7. The first kappa shape index (κ1) is 17.9. The molecule has 1 aromatic heterocycles. The van der Waals surface area contributed by atoms with Gasteiger partial charge in [-0.15, -0.1) is 0 Å². The monoisotopic (exact) mass is 354 g/mol. The van der Waals surface area contributed by atoms with Gasteiger partial charge in [-0.05, 0) is 50.3 Å². The van der Waals surface area contributed by atoms with E-state index < -0.39 is 0 Å². The molecule has 124 valence electrons. The molecule has 6 heteroatoms. The van der Waals surface area contributed by atoms with E-state index in [9.17, 15) is 4.79 Å². The van der Waals surface area contributed by atoms with Gasteiger partial charge in [0.15, 0.2) is 0 Å². The summed E-state index contributed by atoms with van der Waals surface area (Å²) in [5.41, 5.74) is 0.991. The summed E-state index contributed by atoms with van der Waals surface area (Å²) >= 11 is 11.9. The molecule has 0 saturated carbocycles. The molecule has 0 bridgehead atoms. The molecule has 0 spiro atoms. The molecule has 23 heavy (non-hydrogen) atoms. The van der Waals surface area contributed by atoms with E-state index in [1.807, 2.05) is 37.2 Å². The predicted molar refractivity (Wildman–Crippen MR) is 92.9 cm³/mol. The number of halogens is 2. The van der Waals surface area contributed by atoms with Gasteiger partial charge in [-0.2, -0.15) is 0 Å². The van der Waals surface area contributed by atoms with Gasteiger partial charge in [-0.3, -0.25) is 9.69 Å². The number of benzene rings is 1. The Hall–Kier alpha value is -1.49. The second kappa shape index (κ2) is 8.39. The molecule has 0 aliphatic rings. The van der Waals surface area contributed by atoms with Crippen LogP contribution in [0.25, 0.3) is 0 Å². The zero-order chi connectivity index (χ0) is 16.8. The zero-order valence-electron chi connectivity index (χ0n) is 13.2. The van der Waals surface area contributed by atoms with Gasteiger partial charge in [0, 0.05) is 13.0 Å². The normalized spacial score (nSPS) is 12.4. The van der Waals surface area contributed by atoms with Crippen molar-refractivity contribution in [2.24, 2.45) is 0 Å². The largest absolute Gasteiger partial charge is 0.468 e. The van der Waals surface area contributed by atoms with Crippen molar-refractivity contribution in [1.82, 2.24) is 10.2 Å². The number of nitrogens with zero attached hydrogens (tertiary/aromatic N) is 1. The second-order valence-corrected chi connectivity index (χ2v) is 6.36. The maximum Gasteiger partial charge on any atom is 0.220 e. The average Bonchev–Trinajstić information content (AvgIpc) is 3.02. The van der Waals surface area contributed by atoms with Gasteiger partial charge in [0.05, 0.1) is 22.4 Å². The van der Waals surface area contributed by atoms with Crippen LogP contribution >= 0.6 is 23.2 Å². The van der Waals surface area contributed by atoms with Crippen LogP contribution < -0.4 is 5.32 Å². The van der Waals surface area contributed by atoms with Gasteiger partial charge in [-0.1, -0.05) is 29.3 Å². The van der Waals surface area contributed by atoms with Crippen molar-refractivity contribution < 1.29 is 9.21 Å². The first-order chi connectivity index (χ1) is 11.0. The van der Waals surface area contributed by atoms with E-state index in [-0.39, 0.29) is 11.9 Å². The Bertz CT molecular complexity index is 642. The van der Waals surface area contributed by atoms with Crippen molar-refractivity contribution >= 4 is 29.1 Å². The topological polar surface area (TPSA) is 45.5 Å². The Morgan fingerprint density at radius 1 is 1.26 bits per heavy atom. The van der Waals surface area contributed by atoms with E-state index in [1.165, 1.54) is 0 Å². The SMILES string of the molecule is CN(C)C(CNC(=O)CCc1ccc(Cl)c(Cl)c1)c1ccco1. The van der Waals surface area contributed by atoms with Gasteiger partial charge in [-0.25, -0.2) is 0 Å². The second-order valence-electron chi connectivity index (χ2n) is 5.55. The molecule has 1 heterocycles. The van der Waals surface area contributed by atoms with Gasteiger partial charge in [0.1, 0.15) is 5.76 Å². The number of hydrogen-bond donors (Lipinski definition) is 1. The molecule has 0 fully saturated rings. The van der Waals surface area contributed by atoms with E-state index in [1.54, 1.807) is 18.4 Å².